The predicted molar refractivity (Wildman–Crippen MR) is 87.1 cm³/mol. The summed E-state index contributed by atoms with van der Waals surface area (Å²) in [6.07, 6.45) is 2.69. The van der Waals surface area contributed by atoms with Gasteiger partial charge in [0.1, 0.15) is 5.01 Å². The molecule has 19 heavy (non-hydrogen) atoms. The van der Waals surface area contributed by atoms with Crippen molar-refractivity contribution < 1.29 is 0 Å². The van der Waals surface area contributed by atoms with Crippen molar-refractivity contribution in [2.24, 2.45) is 5.92 Å². The molecule has 1 aromatic heterocycles. The molecule has 0 amide bonds. The van der Waals surface area contributed by atoms with Gasteiger partial charge in [-0.25, -0.2) is 4.98 Å². The van der Waals surface area contributed by atoms with Gasteiger partial charge in [-0.05, 0) is 30.6 Å². The molecule has 0 unspecified atom stereocenters. The Labute approximate surface area is 125 Å². The van der Waals surface area contributed by atoms with Crippen LogP contribution in [-0.2, 0) is 12.3 Å². The molecule has 2 rings (SSSR count). The van der Waals surface area contributed by atoms with Gasteiger partial charge in [0.05, 0.1) is 5.69 Å². The normalized spacial score (nSPS) is 15.7. The van der Waals surface area contributed by atoms with Gasteiger partial charge in [-0.1, -0.05) is 27.7 Å². The minimum Gasteiger partial charge on any atom is -0.312 e. The molecule has 1 fully saturated rings. The summed E-state index contributed by atoms with van der Waals surface area (Å²) in [5, 5.41) is 5.58. The Morgan fingerprint density at radius 3 is 2.63 bits per heavy atom. The molecule has 0 bridgehead atoms. The van der Waals surface area contributed by atoms with E-state index in [0.29, 0.717) is 11.2 Å². The number of nitrogens with zero attached hydrogens (tertiary/aromatic N) is 1. The summed E-state index contributed by atoms with van der Waals surface area (Å²) < 4.78 is 0. The van der Waals surface area contributed by atoms with E-state index in [4.69, 9.17) is 4.98 Å². The highest BCUT2D eigenvalue weighted by atomic mass is 32.2. The Balaban J connectivity index is 1.95. The van der Waals surface area contributed by atoms with Crippen LogP contribution in [0.1, 0.15) is 62.0 Å². The highest BCUT2D eigenvalue weighted by Crippen LogP contribution is 2.43. The largest absolute Gasteiger partial charge is 0.312 e. The number of aromatic nitrogens is 1. The number of thioether (sulfide) groups is 1. The molecular formula is C15H26N2S2. The van der Waals surface area contributed by atoms with Crippen molar-refractivity contribution in [3.8, 4) is 0 Å². The number of thiazole rings is 1. The number of rotatable bonds is 8. The van der Waals surface area contributed by atoms with Crippen LogP contribution in [0.25, 0.3) is 0 Å². The molecule has 0 aromatic carbocycles. The molecule has 1 N–H and O–H groups in total. The summed E-state index contributed by atoms with van der Waals surface area (Å²) in [6.45, 7) is 11.1. The van der Waals surface area contributed by atoms with E-state index < -0.39 is 0 Å². The lowest BCUT2D eigenvalue weighted by Crippen LogP contribution is -2.18. The first-order valence-electron chi connectivity index (χ1n) is 7.37. The molecule has 108 valence electrons. The first kappa shape index (κ1) is 15.3. The molecule has 1 heterocycles. The highest BCUT2D eigenvalue weighted by Gasteiger charge is 2.29. The van der Waals surface area contributed by atoms with E-state index in [1.165, 1.54) is 28.4 Å². The molecule has 1 aromatic rings. The zero-order chi connectivity index (χ0) is 13.8. The molecule has 0 atom stereocenters. The van der Waals surface area contributed by atoms with Crippen LogP contribution in [0.2, 0.25) is 0 Å². The minimum atomic E-state index is 0.691. The number of hydrogen-bond donors (Lipinski definition) is 1. The van der Waals surface area contributed by atoms with Gasteiger partial charge >= 0.3 is 0 Å². The van der Waals surface area contributed by atoms with E-state index in [-0.39, 0.29) is 0 Å². The second-order valence-corrected chi connectivity index (χ2v) is 8.81. The zero-order valence-corrected chi connectivity index (χ0v) is 14.2. The molecule has 0 radical (unpaired) electrons. The lowest BCUT2D eigenvalue weighted by molar-refractivity contribution is 0.553. The zero-order valence-electron chi connectivity index (χ0n) is 12.5. The Bertz CT molecular complexity index is 395. The van der Waals surface area contributed by atoms with E-state index in [9.17, 15) is 0 Å². The van der Waals surface area contributed by atoms with Crippen LogP contribution in [0.3, 0.4) is 0 Å². The molecule has 0 spiro atoms. The van der Waals surface area contributed by atoms with Gasteiger partial charge < -0.3 is 5.32 Å². The average molecular weight is 299 g/mol. The maximum absolute atomic E-state index is 4.90. The second-order valence-electron chi connectivity index (χ2n) is 6.07. The van der Waals surface area contributed by atoms with E-state index in [0.717, 1.165) is 24.8 Å². The first-order valence-corrected chi connectivity index (χ1v) is 9.23. The molecule has 2 nitrogen and oxygen atoms in total. The fourth-order valence-corrected chi connectivity index (χ4v) is 3.89. The van der Waals surface area contributed by atoms with E-state index in [1.54, 1.807) is 0 Å². The van der Waals surface area contributed by atoms with E-state index in [2.05, 4.69) is 33.0 Å². The minimum absolute atomic E-state index is 0.691. The van der Waals surface area contributed by atoms with Crippen molar-refractivity contribution in [3.63, 3.8) is 0 Å². The van der Waals surface area contributed by atoms with Gasteiger partial charge in [0.15, 0.2) is 0 Å². The molecule has 1 aliphatic rings. The summed E-state index contributed by atoms with van der Waals surface area (Å²) in [4.78, 5) is 6.39. The summed E-state index contributed by atoms with van der Waals surface area (Å²) in [7, 11) is 0. The molecular weight excluding hydrogens is 272 g/mol. The number of nitrogens with one attached hydrogen (secondary N) is 1. The maximum atomic E-state index is 4.90. The lowest BCUT2D eigenvalue weighted by Gasteiger charge is -2.06. The van der Waals surface area contributed by atoms with Crippen molar-refractivity contribution in [1.82, 2.24) is 10.3 Å². The van der Waals surface area contributed by atoms with Crippen molar-refractivity contribution in [1.29, 1.82) is 0 Å². The van der Waals surface area contributed by atoms with Crippen LogP contribution in [0.15, 0.2) is 0 Å². The lowest BCUT2D eigenvalue weighted by atomic mass is 10.2. The Kier molecular flexibility index (Phi) is 5.72. The summed E-state index contributed by atoms with van der Waals surface area (Å²) in [5.74, 6) is 2.56. The monoisotopic (exact) mass is 298 g/mol. The van der Waals surface area contributed by atoms with Crippen molar-refractivity contribution >= 4 is 23.1 Å². The van der Waals surface area contributed by atoms with Crippen molar-refractivity contribution in [3.05, 3.63) is 15.6 Å². The van der Waals surface area contributed by atoms with Crippen LogP contribution in [-0.4, -0.2) is 16.8 Å². The Morgan fingerprint density at radius 2 is 2.05 bits per heavy atom. The third-order valence-corrected chi connectivity index (χ3v) is 5.47. The van der Waals surface area contributed by atoms with Crippen LogP contribution in [0.4, 0.5) is 0 Å². The Hall–Kier alpha value is -0.0600. The van der Waals surface area contributed by atoms with Gasteiger partial charge in [0.25, 0.3) is 0 Å². The quantitative estimate of drug-likeness (QED) is 0.769. The standard InChI is InChI=1S/C15H26N2S2/c1-10(2)7-16-8-13-15(12-5-6-12)17-14(19-13)9-18-11(3)4/h10-12,16H,5-9H2,1-4H3. The number of hydrogen-bond acceptors (Lipinski definition) is 4. The van der Waals surface area contributed by atoms with Gasteiger partial charge in [0.2, 0.25) is 0 Å². The van der Waals surface area contributed by atoms with Crippen molar-refractivity contribution in [2.45, 2.75) is 64.0 Å². The third-order valence-electron chi connectivity index (χ3n) is 3.11. The predicted octanol–water partition coefficient (Wildman–Crippen LogP) is 4.41. The summed E-state index contributed by atoms with van der Waals surface area (Å²) in [5.41, 5.74) is 1.40. The smallest absolute Gasteiger partial charge is 0.103 e. The van der Waals surface area contributed by atoms with Crippen LogP contribution < -0.4 is 5.32 Å². The fourth-order valence-electron chi connectivity index (χ4n) is 1.99. The Morgan fingerprint density at radius 1 is 1.32 bits per heavy atom. The van der Waals surface area contributed by atoms with E-state index in [1.807, 2.05) is 23.1 Å². The molecule has 4 heteroatoms. The second kappa shape index (κ2) is 7.09. The summed E-state index contributed by atoms with van der Waals surface area (Å²) in [6, 6.07) is 0. The van der Waals surface area contributed by atoms with Gasteiger partial charge in [-0.3, -0.25) is 0 Å². The van der Waals surface area contributed by atoms with E-state index >= 15 is 0 Å². The first-order chi connectivity index (χ1) is 9.06. The van der Waals surface area contributed by atoms with Gasteiger partial charge in [-0.15, -0.1) is 11.3 Å². The van der Waals surface area contributed by atoms with Crippen LogP contribution in [0, 0.1) is 5.92 Å². The topological polar surface area (TPSA) is 24.9 Å². The third kappa shape index (κ3) is 5.09. The maximum Gasteiger partial charge on any atom is 0.103 e. The van der Waals surface area contributed by atoms with Crippen molar-refractivity contribution in [2.75, 3.05) is 6.54 Å². The van der Waals surface area contributed by atoms with Gasteiger partial charge in [-0.2, -0.15) is 11.8 Å². The van der Waals surface area contributed by atoms with Crippen LogP contribution in [0.5, 0.6) is 0 Å². The van der Waals surface area contributed by atoms with Crippen LogP contribution >= 0.6 is 23.1 Å². The molecule has 0 aliphatic heterocycles. The molecule has 1 aliphatic carbocycles. The highest BCUT2D eigenvalue weighted by molar-refractivity contribution is 7.99. The molecule has 1 saturated carbocycles. The van der Waals surface area contributed by atoms with Gasteiger partial charge in [0, 0.05) is 23.1 Å². The molecule has 0 saturated heterocycles. The average Bonchev–Trinajstić information content (AvgIpc) is 3.09. The SMILES string of the molecule is CC(C)CNCc1sc(CSC(C)C)nc1C1CC1. The summed E-state index contributed by atoms with van der Waals surface area (Å²) >= 11 is 3.92. The fraction of sp³-hybridized carbons (Fsp3) is 0.800.